The van der Waals surface area contributed by atoms with Crippen LogP contribution in [0.5, 0.6) is 0 Å². The van der Waals surface area contributed by atoms with E-state index in [0.29, 0.717) is 40.8 Å². The van der Waals surface area contributed by atoms with E-state index in [0.717, 1.165) is 25.7 Å². The second kappa shape index (κ2) is 9.44. The van der Waals surface area contributed by atoms with Gasteiger partial charge in [0.1, 0.15) is 0 Å². The molecule has 3 aromatic rings. The molecule has 1 aliphatic heterocycles. The first-order chi connectivity index (χ1) is 15.8. The van der Waals surface area contributed by atoms with Gasteiger partial charge in [0.05, 0.1) is 22.4 Å². The van der Waals surface area contributed by atoms with E-state index in [1.165, 1.54) is 10.7 Å². The quantitative estimate of drug-likeness (QED) is 0.620. The highest BCUT2D eigenvalue weighted by atomic mass is 32.2. The van der Waals surface area contributed by atoms with E-state index in [-0.39, 0.29) is 22.8 Å². The third-order valence-corrected chi connectivity index (χ3v) is 8.06. The van der Waals surface area contributed by atoms with Gasteiger partial charge in [-0.2, -0.15) is 9.40 Å². The predicted octanol–water partition coefficient (Wildman–Crippen LogP) is 2.99. The maximum Gasteiger partial charge on any atom is 0.274 e. The number of rotatable bonds is 5. The summed E-state index contributed by atoms with van der Waals surface area (Å²) in [7, 11) is -2.09. The van der Waals surface area contributed by atoms with Crippen LogP contribution < -0.4 is 10.9 Å². The second-order valence-electron chi connectivity index (χ2n) is 8.44. The molecule has 0 radical (unpaired) electrons. The van der Waals surface area contributed by atoms with E-state index in [1.807, 2.05) is 0 Å². The molecule has 4 rings (SSSR count). The van der Waals surface area contributed by atoms with Gasteiger partial charge in [0.25, 0.3) is 5.56 Å². The van der Waals surface area contributed by atoms with Gasteiger partial charge in [-0.15, -0.1) is 0 Å². The van der Waals surface area contributed by atoms with Crippen LogP contribution >= 0.6 is 0 Å². The lowest BCUT2D eigenvalue weighted by molar-refractivity contribution is -0.115. The molecule has 0 spiro atoms. The predicted molar refractivity (Wildman–Crippen MR) is 128 cm³/mol. The van der Waals surface area contributed by atoms with E-state index in [4.69, 9.17) is 0 Å². The molecule has 33 heavy (non-hydrogen) atoms. The van der Waals surface area contributed by atoms with Gasteiger partial charge in [-0.05, 0) is 43.5 Å². The first-order valence-electron chi connectivity index (χ1n) is 11.1. The van der Waals surface area contributed by atoms with Crippen LogP contribution in [0.2, 0.25) is 0 Å². The number of hydrogen-bond acceptors (Lipinski definition) is 5. The van der Waals surface area contributed by atoms with E-state index >= 15 is 0 Å². The number of sulfonamides is 1. The van der Waals surface area contributed by atoms with Crippen LogP contribution in [0.25, 0.3) is 10.8 Å². The number of carbonyl (C=O) groups excluding carboxylic acids is 1. The second-order valence-corrected chi connectivity index (χ2v) is 10.4. The number of benzene rings is 2. The largest absolute Gasteiger partial charge is 0.326 e. The van der Waals surface area contributed by atoms with Crippen LogP contribution in [0.15, 0.2) is 52.2 Å². The molecule has 0 atom stereocenters. The number of hydrogen-bond donors (Lipinski definition) is 1. The van der Waals surface area contributed by atoms with Gasteiger partial charge in [-0.1, -0.05) is 37.1 Å². The average Bonchev–Trinajstić information content (AvgIpc) is 3.09. The van der Waals surface area contributed by atoms with Crippen molar-refractivity contribution in [1.82, 2.24) is 14.1 Å². The van der Waals surface area contributed by atoms with Crippen LogP contribution in [0.1, 0.15) is 36.9 Å². The molecular formula is C24H28N4O4S. The zero-order valence-electron chi connectivity index (χ0n) is 18.9. The normalized spacial score (nSPS) is 15.3. The summed E-state index contributed by atoms with van der Waals surface area (Å²) >= 11 is 0. The SMILES string of the molecule is Cc1ccc(NC(=O)Cc2nn(C)c(=O)c3ccccc23)cc1S(=O)(=O)N1CCCCCC1. The summed E-state index contributed by atoms with van der Waals surface area (Å²) in [6, 6.07) is 12.0. The molecule has 0 aliphatic carbocycles. The monoisotopic (exact) mass is 468 g/mol. The zero-order chi connectivity index (χ0) is 23.6. The average molecular weight is 469 g/mol. The van der Waals surface area contributed by atoms with Crippen LogP contribution in [0.3, 0.4) is 0 Å². The number of amides is 1. The molecule has 1 amide bonds. The molecule has 1 aliphatic rings. The van der Waals surface area contributed by atoms with Crippen molar-refractivity contribution in [2.45, 2.75) is 43.9 Å². The molecule has 0 unspecified atom stereocenters. The molecule has 1 aromatic heterocycles. The van der Waals surface area contributed by atoms with Crippen LogP contribution in [0, 0.1) is 6.92 Å². The highest BCUT2D eigenvalue weighted by Gasteiger charge is 2.27. The Morgan fingerprint density at radius 3 is 2.39 bits per heavy atom. The maximum atomic E-state index is 13.3. The van der Waals surface area contributed by atoms with Gasteiger partial charge in [0, 0.05) is 31.2 Å². The summed E-state index contributed by atoms with van der Waals surface area (Å²) in [4.78, 5) is 25.3. The van der Waals surface area contributed by atoms with Gasteiger partial charge in [0.2, 0.25) is 15.9 Å². The van der Waals surface area contributed by atoms with E-state index in [2.05, 4.69) is 10.4 Å². The first kappa shape index (κ1) is 23.1. The van der Waals surface area contributed by atoms with E-state index in [1.54, 1.807) is 54.7 Å². The van der Waals surface area contributed by atoms with Gasteiger partial charge in [-0.3, -0.25) is 9.59 Å². The molecular weight excluding hydrogens is 440 g/mol. The number of anilines is 1. The highest BCUT2D eigenvalue weighted by molar-refractivity contribution is 7.89. The third kappa shape index (κ3) is 4.84. The van der Waals surface area contributed by atoms with E-state index in [9.17, 15) is 18.0 Å². The Kier molecular flexibility index (Phi) is 6.62. The molecule has 1 fully saturated rings. The molecule has 174 valence electrons. The van der Waals surface area contributed by atoms with Crippen LogP contribution in [-0.2, 0) is 28.3 Å². The Hall–Kier alpha value is -3.04. The molecule has 2 aromatic carbocycles. The fourth-order valence-corrected chi connectivity index (χ4v) is 6.01. The molecule has 1 N–H and O–H groups in total. The summed E-state index contributed by atoms with van der Waals surface area (Å²) in [6.07, 6.45) is 3.74. The van der Waals surface area contributed by atoms with Crippen LogP contribution in [-0.4, -0.2) is 41.5 Å². The molecule has 2 heterocycles. The molecule has 1 saturated heterocycles. The maximum absolute atomic E-state index is 13.3. The molecule has 0 bridgehead atoms. The van der Waals surface area contributed by atoms with Gasteiger partial charge < -0.3 is 5.32 Å². The fourth-order valence-electron chi connectivity index (χ4n) is 4.24. The Bertz CT molecular complexity index is 1360. The fraction of sp³-hybridized carbons (Fsp3) is 0.375. The Morgan fingerprint density at radius 2 is 1.70 bits per heavy atom. The number of carbonyl (C=O) groups is 1. The standard InChI is InChI=1S/C24H28N4O4S/c1-17-11-12-18(15-22(17)33(31,32)28-13-7-3-4-8-14-28)25-23(29)16-21-19-9-5-6-10-20(19)24(30)27(2)26-21/h5-6,9-12,15H,3-4,7-8,13-14,16H2,1-2H3,(H,25,29). The number of aromatic nitrogens is 2. The van der Waals surface area contributed by atoms with Crippen molar-refractivity contribution in [3.63, 3.8) is 0 Å². The summed E-state index contributed by atoms with van der Waals surface area (Å²) in [5.74, 6) is -0.340. The minimum atomic E-state index is -3.64. The smallest absolute Gasteiger partial charge is 0.274 e. The van der Waals surface area contributed by atoms with Crippen molar-refractivity contribution >= 4 is 32.4 Å². The Morgan fingerprint density at radius 1 is 1.03 bits per heavy atom. The van der Waals surface area contributed by atoms with Crippen molar-refractivity contribution in [2.24, 2.45) is 7.05 Å². The molecule has 9 heteroatoms. The Balaban J connectivity index is 1.58. The lowest BCUT2D eigenvalue weighted by Gasteiger charge is -2.21. The lowest BCUT2D eigenvalue weighted by Crippen LogP contribution is -2.32. The van der Waals surface area contributed by atoms with Gasteiger partial charge >= 0.3 is 0 Å². The minimum Gasteiger partial charge on any atom is -0.326 e. The summed E-state index contributed by atoms with van der Waals surface area (Å²) < 4.78 is 29.3. The van der Waals surface area contributed by atoms with Crippen molar-refractivity contribution in [3.8, 4) is 0 Å². The van der Waals surface area contributed by atoms with Crippen molar-refractivity contribution in [2.75, 3.05) is 18.4 Å². The molecule has 8 nitrogen and oxygen atoms in total. The van der Waals surface area contributed by atoms with Gasteiger partial charge in [-0.25, -0.2) is 13.1 Å². The lowest BCUT2D eigenvalue weighted by atomic mass is 10.1. The van der Waals surface area contributed by atoms with Crippen LogP contribution in [0.4, 0.5) is 5.69 Å². The summed E-state index contributed by atoms with van der Waals surface area (Å²) in [5.41, 5.74) is 1.31. The number of aryl methyl sites for hydroxylation is 2. The first-order valence-corrected chi connectivity index (χ1v) is 12.6. The Labute approximate surface area is 193 Å². The van der Waals surface area contributed by atoms with E-state index < -0.39 is 10.0 Å². The number of nitrogens with one attached hydrogen (secondary N) is 1. The summed E-state index contributed by atoms with van der Waals surface area (Å²) in [6.45, 7) is 2.80. The van der Waals surface area contributed by atoms with Crippen molar-refractivity contribution in [3.05, 3.63) is 64.1 Å². The molecule has 0 saturated carbocycles. The number of nitrogens with zero attached hydrogens (tertiary/aromatic N) is 3. The summed E-state index contributed by atoms with van der Waals surface area (Å²) in [5, 5.41) is 8.19. The zero-order valence-corrected chi connectivity index (χ0v) is 19.7. The third-order valence-electron chi connectivity index (χ3n) is 6.02. The van der Waals surface area contributed by atoms with Gasteiger partial charge in [0.15, 0.2) is 0 Å². The van der Waals surface area contributed by atoms with Crippen molar-refractivity contribution < 1.29 is 13.2 Å². The minimum absolute atomic E-state index is 0.0449. The topological polar surface area (TPSA) is 101 Å². The van der Waals surface area contributed by atoms with Crippen molar-refractivity contribution in [1.29, 1.82) is 0 Å². The number of fused-ring (bicyclic) bond motifs is 1. The highest BCUT2D eigenvalue weighted by Crippen LogP contribution is 2.26.